The lowest BCUT2D eigenvalue weighted by Gasteiger charge is -2.35. The number of methoxy groups -OCH3 is 1. The van der Waals surface area contributed by atoms with Gasteiger partial charge in [0.05, 0.1) is 12.7 Å². The number of carbonyl (C=O) groups excluding carboxylic acids is 3. The van der Waals surface area contributed by atoms with Gasteiger partial charge in [-0.05, 0) is 37.3 Å². The van der Waals surface area contributed by atoms with E-state index in [4.69, 9.17) is 9.47 Å². The van der Waals surface area contributed by atoms with Crippen LogP contribution in [0.4, 0.5) is 0 Å². The fraction of sp³-hybridized carbons (Fsp3) is 0.571. The molecule has 154 valence electrons. The summed E-state index contributed by atoms with van der Waals surface area (Å²) < 4.78 is 10.3. The maximum Gasteiger partial charge on any atom is 0.326 e. The van der Waals surface area contributed by atoms with E-state index in [1.54, 1.807) is 24.3 Å². The largest absolute Gasteiger partial charge is 0.496 e. The fourth-order valence-electron chi connectivity index (χ4n) is 3.46. The minimum absolute atomic E-state index is 0.0997. The Morgan fingerprint density at radius 2 is 1.89 bits per heavy atom. The minimum Gasteiger partial charge on any atom is -0.496 e. The monoisotopic (exact) mass is 390 g/mol. The van der Waals surface area contributed by atoms with Crippen LogP contribution in [-0.2, 0) is 14.3 Å². The van der Waals surface area contributed by atoms with Crippen LogP contribution in [0.15, 0.2) is 24.3 Å². The molecule has 28 heavy (non-hydrogen) atoms. The van der Waals surface area contributed by atoms with Gasteiger partial charge >= 0.3 is 5.97 Å². The number of para-hydroxylation sites is 1. The van der Waals surface area contributed by atoms with Gasteiger partial charge in [-0.1, -0.05) is 38.8 Å². The summed E-state index contributed by atoms with van der Waals surface area (Å²) >= 11 is 0. The molecule has 0 bridgehead atoms. The molecule has 1 aliphatic rings. The Balaban J connectivity index is 1.80. The summed E-state index contributed by atoms with van der Waals surface area (Å²) in [4.78, 5) is 36.6. The number of hydrogen-bond donors (Lipinski definition) is 2. The molecule has 4 atom stereocenters. The van der Waals surface area contributed by atoms with Gasteiger partial charge in [0.25, 0.3) is 11.8 Å². The zero-order valence-corrected chi connectivity index (χ0v) is 17.0. The summed E-state index contributed by atoms with van der Waals surface area (Å²) in [5.74, 6) is -0.0670. The molecule has 1 aromatic rings. The normalized spacial score (nSPS) is 22.6. The highest BCUT2D eigenvalue weighted by Crippen LogP contribution is 2.29. The Morgan fingerprint density at radius 3 is 2.61 bits per heavy atom. The van der Waals surface area contributed by atoms with Crippen LogP contribution in [0.5, 0.6) is 5.75 Å². The van der Waals surface area contributed by atoms with E-state index in [0.717, 1.165) is 12.8 Å². The first-order chi connectivity index (χ1) is 13.3. The zero-order chi connectivity index (χ0) is 20.7. The van der Waals surface area contributed by atoms with E-state index in [2.05, 4.69) is 24.5 Å². The van der Waals surface area contributed by atoms with Crippen LogP contribution in [0, 0.1) is 11.8 Å². The van der Waals surface area contributed by atoms with Crippen molar-refractivity contribution in [3.63, 3.8) is 0 Å². The van der Waals surface area contributed by atoms with Gasteiger partial charge in [0.15, 0.2) is 6.10 Å². The van der Waals surface area contributed by atoms with E-state index in [9.17, 15) is 14.4 Å². The number of carbonyl (C=O) groups is 3. The summed E-state index contributed by atoms with van der Waals surface area (Å²) in [5.41, 5.74) is 0.323. The first-order valence-corrected chi connectivity index (χ1v) is 9.74. The van der Waals surface area contributed by atoms with Crippen molar-refractivity contribution in [2.45, 2.75) is 52.2 Å². The number of amides is 2. The smallest absolute Gasteiger partial charge is 0.326 e. The van der Waals surface area contributed by atoms with Gasteiger partial charge in [-0.2, -0.15) is 0 Å². The average Bonchev–Trinajstić information content (AvgIpc) is 2.69. The van der Waals surface area contributed by atoms with Crippen molar-refractivity contribution in [1.29, 1.82) is 0 Å². The van der Waals surface area contributed by atoms with Gasteiger partial charge in [-0.25, -0.2) is 0 Å². The number of rotatable bonds is 7. The third-order valence-electron chi connectivity index (χ3n) is 5.46. The van der Waals surface area contributed by atoms with Gasteiger partial charge < -0.3 is 20.1 Å². The third kappa shape index (κ3) is 5.71. The minimum atomic E-state index is -0.917. The predicted octanol–water partition coefficient (Wildman–Crippen LogP) is 2.30. The van der Waals surface area contributed by atoms with Gasteiger partial charge in [-0.15, -0.1) is 0 Å². The molecule has 2 N–H and O–H groups in total. The Kier molecular flexibility index (Phi) is 7.84. The molecule has 7 nitrogen and oxygen atoms in total. The van der Waals surface area contributed by atoms with Gasteiger partial charge in [0.2, 0.25) is 0 Å². The maximum absolute atomic E-state index is 12.3. The predicted molar refractivity (Wildman–Crippen MR) is 105 cm³/mol. The van der Waals surface area contributed by atoms with Crippen LogP contribution >= 0.6 is 0 Å². The quantitative estimate of drug-likeness (QED) is 0.697. The number of hydrogen-bond acceptors (Lipinski definition) is 5. The van der Waals surface area contributed by atoms with Crippen molar-refractivity contribution in [3.8, 4) is 5.75 Å². The molecule has 1 aromatic carbocycles. The summed E-state index contributed by atoms with van der Waals surface area (Å²) in [6.45, 7) is 5.53. The van der Waals surface area contributed by atoms with Gasteiger partial charge in [0, 0.05) is 6.04 Å². The van der Waals surface area contributed by atoms with Crippen LogP contribution in [0.25, 0.3) is 0 Å². The number of ether oxygens (including phenoxy) is 2. The van der Waals surface area contributed by atoms with Crippen LogP contribution < -0.4 is 15.4 Å². The molecule has 0 spiro atoms. The van der Waals surface area contributed by atoms with Crippen LogP contribution in [0.2, 0.25) is 0 Å². The van der Waals surface area contributed by atoms with E-state index < -0.39 is 18.0 Å². The molecule has 1 saturated carbocycles. The third-order valence-corrected chi connectivity index (χ3v) is 5.46. The molecule has 1 fully saturated rings. The Hall–Kier alpha value is -2.57. The standard InChI is InChI=1S/C21H30N2O5/c1-13-8-7-10-17(14(13)2)23-20(25)15(3)28-19(24)12-22-21(26)16-9-5-6-11-18(16)27-4/h5-6,9,11,13-15,17H,7-8,10,12H2,1-4H3,(H,22,26)(H,23,25)/t13-,14+,15+,17+/m0/s1. The van der Waals surface area contributed by atoms with Crippen molar-refractivity contribution < 1.29 is 23.9 Å². The highest BCUT2D eigenvalue weighted by Gasteiger charge is 2.30. The summed E-state index contributed by atoms with van der Waals surface area (Å²) in [5, 5.41) is 5.48. The van der Waals surface area contributed by atoms with Crippen molar-refractivity contribution in [2.24, 2.45) is 11.8 Å². The topological polar surface area (TPSA) is 93.7 Å². The second-order valence-electron chi connectivity index (χ2n) is 7.40. The van der Waals surface area contributed by atoms with Crippen molar-refractivity contribution in [3.05, 3.63) is 29.8 Å². The molecule has 0 aliphatic heterocycles. The molecule has 0 unspecified atom stereocenters. The molecule has 1 aliphatic carbocycles. The van der Waals surface area contributed by atoms with Crippen molar-refractivity contribution in [2.75, 3.05) is 13.7 Å². The molecule has 0 aromatic heterocycles. The molecule has 0 saturated heterocycles. The first kappa shape index (κ1) is 21.7. The van der Waals surface area contributed by atoms with Gasteiger partial charge in [-0.3, -0.25) is 14.4 Å². The molecule has 2 amide bonds. The molecular weight excluding hydrogens is 360 g/mol. The zero-order valence-electron chi connectivity index (χ0n) is 17.0. The van der Waals surface area contributed by atoms with Crippen molar-refractivity contribution in [1.82, 2.24) is 10.6 Å². The Bertz CT molecular complexity index is 706. The SMILES string of the molecule is COc1ccccc1C(=O)NCC(=O)O[C@H](C)C(=O)N[C@@H]1CCC[C@H](C)[C@H]1C. The Labute approximate surface area is 166 Å². The number of benzene rings is 1. The maximum atomic E-state index is 12.3. The van der Waals surface area contributed by atoms with E-state index in [0.29, 0.717) is 23.1 Å². The number of esters is 1. The second kappa shape index (κ2) is 10.1. The Morgan fingerprint density at radius 1 is 1.18 bits per heavy atom. The fourth-order valence-corrected chi connectivity index (χ4v) is 3.46. The molecule has 2 rings (SSSR count). The molecule has 0 heterocycles. The summed E-state index contributed by atoms with van der Waals surface area (Å²) in [6.07, 6.45) is 2.27. The number of nitrogens with one attached hydrogen (secondary N) is 2. The highest BCUT2D eigenvalue weighted by molar-refractivity contribution is 5.98. The lowest BCUT2D eigenvalue weighted by atomic mass is 9.78. The van der Waals surface area contributed by atoms with Crippen LogP contribution in [0.3, 0.4) is 0 Å². The molecule has 7 heteroatoms. The van der Waals surface area contributed by atoms with E-state index in [-0.39, 0.29) is 18.5 Å². The summed E-state index contributed by atoms with van der Waals surface area (Å²) in [6, 6.07) is 6.81. The van der Waals surface area contributed by atoms with Crippen LogP contribution in [0.1, 0.15) is 50.4 Å². The van der Waals surface area contributed by atoms with Crippen molar-refractivity contribution >= 4 is 17.8 Å². The van der Waals surface area contributed by atoms with E-state index in [1.165, 1.54) is 20.5 Å². The lowest BCUT2D eigenvalue weighted by Crippen LogP contribution is -2.48. The van der Waals surface area contributed by atoms with E-state index >= 15 is 0 Å². The van der Waals surface area contributed by atoms with E-state index in [1.807, 2.05) is 0 Å². The van der Waals surface area contributed by atoms with Crippen LogP contribution in [-0.4, -0.2) is 43.6 Å². The second-order valence-corrected chi connectivity index (χ2v) is 7.40. The van der Waals surface area contributed by atoms with Gasteiger partial charge in [0.1, 0.15) is 12.3 Å². The summed E-state index contributed by atoms with van der Waals surface area (Å²) in [7, 11) is 1.47. The molecule has 0 radical (unpaired) electrons. The highest BCUT2D eigenvalue weighted by atomic mass is 16.5. The molecular formula is C21H30N2O5. The average molecular weight is 390 g/mol. The first-order valence-electron chi connectivity index (χ1n) is 9.74. The lowest BCUT2D eigenvalue weighted by molar-refractivity contribution is -0.154.